The van der Waals surface area contributed by atoms with E-state index in [-0.39, 0.29) is 40.5 Å². The number of H-pyrrole nitrogens is 1. The molecule has 2 aliphatic rings. The summed E-state index contributed by atoms with van der Waals surface area (Å²) in [5.41, 5.74) is -0.468. The van der Waals surface area contributed by atoms with Crippen LogP contribution in [0, 0.1) is 17.2 Å². The second kappa shape index (κ2) is 26.2. The van der Waals surface area contributed by atoms with Crippen molar-refractivity contribution in [1.82, 2.24) is 39.0 Å². The molecule has 0 radical (unpaired) electrons. The molecule has 444 valence electrons. The molecule has 6 heterocycles. The number of methoxy groups -OCH3 is 2. The van der Waals surface area contributed by atoms with Gasteiger partial charge in [0.25, 0.3) is 11.5 Å². The van der Waals surface area contributed by atoms with Crippen molar-refractivity contribution >= 4 is 72.7 Å². The molecule has 0 bridgehead atoms. The van der Waals surface area contributed by atoms with E-state index in [4.69, 9.17) is 53.6 Å². The number of nitrogens with one attached hydrogen (secondary N) is 3. The summed E-state index contributed by atoms with van der Waals surface area (Å²) in [5.74, 6) is -0.684. The third-order valence-corrected chi connectivity index (χ3v) is 16.7. The van der Waals surface area contributed by atoms with E-state index in [9.17, 15) is 29.1 Å². The van der Waals surface area contributed by atoms with Crippen molar-refractivity contribution in [1.29, 1.82) is 5.26 Å². The van der Waals surface area contributed by atoms with Gasteiger partial charge in [0, 0.05) is 11.5 Å². The highest BCUT2D eigenvalue weighted by Gasteiger charge is 2.53. The summed E-state index contributed by atoms with van der Waals surface area (Å²) in [6.07, 6.45) is -11.4. The minimum Gasteiger partial charge on any atom is -0.497 e. The van der Waals surface area contributed by atoms with Crippen LogP contribution < -0.4 is 25.7 Å². The van der Waals surface area contributed by atoms with Gasteiger partial charge in [0.05, 0.1) is 59.2 Å². The van der Waals surface area contributed by atoms with Crippen LogP contribution in [0.5, 0.6) is 11.5 Å². The number of nitrogens with zero attached hydrogens (tertiary/aromatic N) is 8. The number of nitriles is 1. The van der Waals surface area contributed by atoms with Crippen molar-refractivity contribution in [3.8, 4) is 17.6 Å². The number of hydrogen-bond donors (Lipinski definition) is 4. The number of ether oxygens (including phenoxy) is 5. The average molecular weight is 1230 g/mol. The molecule has 0 saturated carbocycles. The number of aromatic nitrogens is 8. The number of alkyl halides is 2. The number of carbonyl (C=O) groups excluding carboxylic acids is 2. The van der Waals surface area contributed by atoms with E-state index < -0.39 is 113 Å². The zero-order valence-corrected chi connectivity index (χ0v) is 48.3. The first-order chi connectivity index (χ1) is 41.0. The zero-order valence-electron chi connectivity index (χ0n) is 45.6. The molecule has 2 saturated heterocycles. The first-order valence-corrected chi connectivity index (χ1v) is 30.1. The fraction of sp³-hybridized carbons (Fsp3) is 0.327. The standard InChI is InChI=1S/C55H55F2N11O14P2S/c1-31(2)49(69)65-54-64-48-43(51(71)66-54)62-30-68(48)53-45(81-83(72)73)40(56)38(79-53)27-78-84(85,77-25-11-24-58)82-44-39(80-52(41(44)57)67-29-61-42-46(59-28-60-47(42)67)63-50(70)32-12-7-5-8-13-32)26-76-55(33-14-9-6-10-15-33,34-16-20-36(74-3)21-17-34)35-18-22-37(75-4)23-19-35/h5-10,12-23,28-31,38-41,44-45,52-53,83H,11,25-27H2,1-4H3,(H,72,73)(H,59,60,63,70)(H2,64,65,66,69,71)/t38-,39-,40-,41-,44-,45-,52-,53-,84?/m1/s1. The Morgan fingerprint density at radius 2 is 1.41 bits per heavy atom. The van der Waals surface area contributed by atoms with Crippen LogP contribution in [-0.2, 0) is 59.1 Å². The van der Waals surface area contributed by atoms with E-state index >= 15 is 8.78 Å². The van der Waals surface area contributed by atoms with Gasteiger partial charge in [-0.3, -0.25) is 47.4 Å². The fourth-order valence-electron chi connectivity index (χ4n) is 9.70. The normalized spacial score (nSPS) is 21.6. The predicted octanol–water partition coefficient (Wildman–Crippen LogP) is 7.63. The Hall–Kier alpha value is -7.77. The highest BCUT2D eigenvalue weighted by atomic mass is 32.5. The van der Waals surface area contributed by atoms with Gasteiger partial charge in [0.1, 0.15) is 47.8 Å². The number of aromatic amines is 1. The molecule has 10 rings (SSSR count). The van der Waals surface area contributed by atoms with E-state index in [0.717, 1.165) is 17.2 Å². The highest BCUT2D eigenvalue weighted by molar-refractivity contribution is 8.07. The number of hydrogen-bond acceptors (Lipinski definition) is 20. The van der Waals surface area contributed by atoms with Crippen LogP contribution >= 0.6 is 15.0 Å². The van der Waals surface area contributed by atoms with Crippen molar-refractivity contribution in [2.24, 2.45) is 5.92 Å². The van der Waals surface area contributed by atoms with E-state index in [0.29, 0.717) is 33.8 Å². The number of anilines is 2. The van der Waals surface area contributed by atoms with Crippen molar-refractivity contribution in [3.05, 3.63) is 161 Å². The maximum atomic E-state index is 18.2. The van der Waals surface area contributed by atoms with Crippen LogP contribution in [0.1, 0.15) is 59.8 Å². The Balaban J connectivity index is 1.01. The molecule has 85 heavy (non-hydrogen) atoms. The highest BCUT2D eigenvalue weighted by Crippen LogP contribution is 2.56. The SMILES string of the molecule is COc1ccc(C(OC[C@H]2O[C@@H](n3cnc4c(NC(=O)c5ccccc5)ncnc43)[C@H](F)[C@@H]2OP(=S)(OCCC#N)OC[C@H]2O[C@@H](n3cnc4c(=O)[nH]c(NC(=O)C(C)C)nc43)[C@H](O[PH](=O)O)[C@@H]2F)(c2ccccc2)c2ccc(OC)cc2)cc1. The van der Waals surface area contributed by atoms with Gasteiger partial charge in [0.2, 0.25) is 11.9 Å². The molecule has 0 spiro atoms. The lowest BCUT2D eigenvalue weighted by Crippen LogP contribution is -2.40. The van der Waals surface area contributed by atoms with E-state index in [1.807, 2.05) is 60.7 Å². The van der Waals surface area contributed by atoms with Crippen molar-refractivity contribution in [2.45, 2.75) is 75.1 Å². The third kappa shape index (κ3) is 12.8. The van der Waals surface area contributed by atoms with Crippen molar-refractivity contribution in [3.63, 3.8) is 0 Å². The summed E-state index contributed by atoms with van der Waals surface area (Å²) >= 11 is 6.01. The number of amides is 2. The molecule has 2 unspecified atom stereocenters. The Kier molecular flexibility index (Phi) is 18.6. The van der Waals surface area contributed by atoms with Crippen LogP contribution in [0.25, 0.3) is 22.3 Å². The van der Waals surface area contributed by atoms with Crippen LogP contribution in [0.15, 0.2) is 133 Å². The molecule has 25 nitrogen and oxygen atoms in total. The first kappa shape index (κ1) is 60.4. The van der Waals surface area contributed by atoms with E-state index in [1.54, 1.807) is 68.4 Å². The van der Waals surface area contributed by atoms with Crippen LogP contribution in [0.3, 0.4) is 0 Å². The number of fused-ring (bicyclic) bond motifs is 2. The largest absolute Gasteiger partial charge is 0.497 e. The summed E-state index contributed by atoms with van der Waals surface area (Å²) in [5, 5.41) is 14.9. The number of benzene rings is 4. The lowest BCUT2D eigenvalue weighted by Gasteiger charge is -2.37. The van der Waals surface area contributed by atoms with Gasteiger partial charge in [-0.15, -0.1) is 0 Å². The van der Waals surface area contributed by atoms with Gasteiger partial charge in [-0.25, -0.2) is 28.7 Å². The molecule has 8 aromatic rings. The minimum atomic E-state index is -4.44. The summed E-state index contributed by atoms with van der Waals surface area (Å²) in [6, 6.07) is 33.9. The maximum absolute atomic E-state index is 18.2. The van der Waals surface area contributed by atoms with E-state index in [1.165, 1.54) is 25.1 Å². The van der Waals surface area contributed by atoms with Gasteiger partial charge in [-0.1, -0.05) is 86.6 Å². The number of imidazole rings is 2. The Morgan fingerprint density at radius 1 is 0.800 bits per heavy atom. The molecule has 4 aromatic heterocycles. The lowest BCUT2D eigenvalue weighted by molar-refractivity contribution is -0.118. The van der Waals surface area contributed by atoms with Crippen molar-refractivity contribution in [2.75, 3.05) is 44.7 Å². The van der Waals surface area contributed by atoms with Gasteiger partial charge in [-0.05, 0) is 64.9 Å². The molecule has 2 fully saturated rings. The third-order valence-electron chi connectivity index (χ3n) is 13.9. The first-order valence-electron chi connectivity index (χ1n) is 26.3. The van der Waals surface area contributed by atoms with Crippen LogP contribution in [0.4, 0.5) is 20.5 Å². The fourth-order valence-corrected chi connectivity index (χ4v) is 12.3. The maximum Gasteiger partial charge on any atom is 0.327 e. The molecular weight excluding hydrogens is 1170 g/mol. The Morgan fingerprint density at radius 3 is 2.04 bits per heavy atom. The van der Waals surface area contributed by atoms with E-state index in [2.05, 4.69) is 40.5 Å². The predicted molar refractivity (Wildman–Crippen MR) is 305 cm³/mol. The van der Waals surface area contributed by atoms with Crippen molar-refractivity contribution < 1.29 is 69.6 Å². The molecule has 0 aliphatic carbocycles. The monoisotopic (exact) mass is 1230 g/mol. The topological polar surface area (TPSA) is 310 Å². The Labute approximate surface area is 488 Å². The molecular formula is C55H55F2N11O14P2S. The Bertz CT molecular complexity index is 3800. The minimum absolute atomic E-state index is 0.00723. The zero-order chi connectivity index (χ0) is 60.0. The molecule has 10 atom stereocenters. The van der Waals surface area contributed by atoms with Gasteiger partial charge >= 0.3 is 15.0 Å². The van der Waals surface area contributed by atoms with Gasteiger partial charge in [-0.2, -0.15) is 10.2 Å². The number of carbonyl (C=O) groups is 2. The number of halogens is 2. The molecule has 4 N–H and O–H groups in total. The molecule has 30 heteroatoms. The molecule has 4 aromatic carbocycles. The second-order valence-electron chi connectivity index (χ2n) is 19.5. The summed E-state index contributed by atoms with van der Waals surface area (Å²) in [4.78, 5) is 73.0. The van der Waals surface area contributed by atoms with Crippen LogP contribution in [0.2, 0.25) is 0 Å². The van der Waals surface area contributed by atoms with Gasteiger partial charge < -0.3 is 42.9 Å². The van der Waals surface area contributed by atoms with Crippen LogP contribution in [-0.4, -0.2) is 127 Å². The quantitative estimate of drug-likeness (QED) is 0.0257. The summed E-state index contributed by atoms with van der Waals surface area (Å²) in [6.45, 7) is -2.95. The molecule has 2 amide bonds. The van der Waals surface area contributed by atoms with Gasteiger partial charge in [0.15, 0.2) is 52.9 Å². The average Bonchev–Trinajstić information content (AvgIpc) is 2.68. The summed E-state index contributed by atoms with van der Waals surface area (Å²) < 4.78 is 105. The number of rotatable bonds is 24. The lowest BCUT2D eigenvalue weighted by atomic mass is 9.80. The molecule has 2 aliphatic heterocycles. The smallest absolute Gasteiger partial charge is 0.327 e. The summed E-state index contributed by atoms with van der Waals surface area (Å²) in [7, 11) is -0.835. The second-order valence-corrected chi connectivity index (χ2v) is 23.2.